The van der Waals surface area contributed by atoms with E-state index >= 15 is 0 Å². The topological polar surface area (TPSA) is 60.9 Å². The molecule has 0 saturated carbocycles. The second kappa shape index (κ2) is 8.93. The third-order valence-electron chi connectivity index (χ3n) is 5.09. The van der Waals surface area contributed by atoms with Gasteiger partial charge in [0.05, 0.1) is 4.91 Å². The highest BCUT2D eigenvalue weighted by Gasteiger charge is 2.37. The van der Waals surface area contributed by atoms with E-state index in [1.807, 2.05) is 30.3 Å². The van der Waals surface area contributed by atoms with Crippen molar-refractivity contribution in [1.29, 1.82) is 0 Å². The molecule has 2 aromatic carbocycles. The van der Waals surface area contributed by atoms with Crippen molar-refractivity contribution >= 4 is 52.2 Å². The summed E-state index contributed by atoms with van der Waals surface area (Å²) in [5.41, 5.74) is 1.90. The molecule has 8 heteroatoms. The number of rotatable bonds is 4. The van der Waals surface area contributed by atoms with Gasteiger partial charge in [0.1, 0.15) is 6.54 Å². The standard InChI is InChI=1S/C22H20ClN3O3S/c23-17-8-6-16(7-9-17)14-19-21(28)26(22(29)30-19)15-20(27)25-12-10-24(11-13-25)18-4-2-1-3-5-18/h1-9,14H,10-13,15H2/b19-14-. The van der Waals surface area contributed by atoms with Gasteiger partial charge in [-0.25, -0.2) is 0 Å². The number of para-hydroxylation sites is 1. The fourth-order valence-electron chi connectivity index (χ4n) is 3.43. The summed E-state index contributed by atoms with van der Waals surface area (Å²) < 4.78 is 0. The third kappa shape index (κ3) is 4.52. The third-order valence-corrected chi connectivity index (χ3v) is 6.25. The molecule has 0 bridgehead atoms. The molecule has 2 fully saturated rings. The van der Waals surface area contributed by atoms with E-state index in [2.05, 4.69) is 4.90 Å². The Bertz CT molecular complexity index is 986. The number of anilines is 1. The molecule has 6 nitrogen and oxygen atoms in total. The van der Waals surface area contributed by atoms with Crippen LogP contribution >= 0.6 is 23.4 Å². The maximum atomic E-state index is 12.7. The smallest absolute Gasteiger partial charge is 0.294 e. The second-order valence-corrected chi connectivity index (χ2v) is 8.45. The molecular formula is C22H20ClN3O3S. The normalized spacial score (nSPS) is 18.4. The summed E-state index contributed by atoms with van der Waals surface area (Å²) in [5.74, 6) is -0.644. The van der Waals surface area contributed by atoms with Crippen LogP contribution in [0, 0.1) is 0 Å². The molecular weight excluding hydrogens is 422 g/mol. The molecule has 2 aromatic rings. The maximum Gasteiger partial charge on any atom is 0.294 e. The molecule has 3 amide bonds. The van der Waals surface area contributed by atoms with Crippen LogP contribution in [0.4, 0.5) is 10.5 Å². The molecule has 0 spiro atoms. The average Bonchev–Trinajstić information content (AvgIpc) is 3.03. The molecule has 154 valence electrons. The van der Waals surface area contributed by atoms with Crippen molar-refractivity contribution in [2.24, 2.45) is 0 Å². The summed E-state index contributed by atoms with van der Waals surface area (Å²) in [7, 11) is 0. The van der Waals surface area contributed by atoms with Gasteiger partial charge in [-0.3, -0.25) is 19.3 Å². The molecule has 2 heterocycles. The molecule has 0 N–H and O–H groups in total. The van der Waals surface area contributed by atoms with E-state index in [0.29, 0.717) is 36.1 Å². The van der Waals surface area contributed by atoms with Gasteiger partial charge in [-0.05, 0) is 47.7 Å². The average molecular weight is 442 g/mol. The zero-order chi connectivity index (χ0) is 21.1. The lowest BCUT2D eigenvalue weighted by atomic mass is 10.2. The van der Waals surface area contributed by atoms with Crippen LogP contribution in [0.5, 0.6) is 0 Å². The van der Waals surface area contributed by atoms with Crippen LogP contribution in [-0.2, 0) is 9.59 Å². The van der Waals surface area contributed by atoms with Gasteiger partial charge in [-0.2, -0.15) is 0 Å². The summed E-state index contributed by atoms with van der Waals surface area (Å²) in [6, 6.07) is 17.0. The van der Waals surface area contributed by atoms with Gasteiger partial charge in [0.25, 0.3) is 11.1 Å². The number of hydrogen-bond donors (Lipinski definition) is 0. The molecule has 4 rings (SSSR count). The highest BCUT2D eigenvalue weighted by atomic mass is 35.5. The lowest BCUT2D eigenvalue weighted by Gasteiger charge is -2.36. The van der Waals surface area contributed by atoms with E-state index in [1.54, 1.807) is 35.2 Å². The van der Waals surface area contributed by atoms with Crippen molar-refractivity contribution in [2.75, 3.05) is 37.6 Å². The van der Waals surface area contributed by atoms with Gasteiger partial charge in [-0.1, -0.05) is 41.9 Å². The highest BCUT2D eigenvalue weighted by Crippen LogP contribution is 2.32. The summed E-state index contributed by atoms with van der Waals surface area (Å²) in [4.78, 5) is 43.0. The number of piperazine rings is 1. The fraction of sp³-hybridized carbons (Fsp3) is 0.227. The number of imide groups is 1. The Labute approximate surface area is 184 Å². The Balaban J connectivity index is 1.36. The highest BCUT2D eigenvalue weighted by molar-refractivity contribution is 8.18. The van der Waals surface area contributed by atoms with Gasteiger partial charge in [0.2, 0.25) is 5.91 Å². The number of carbonyl (C=O) groups is 3. The van der Waals surface area contributed by atoms with Gasteiger partial charge in [0, 0.05) is 36.9 Å². The van der Waals surface area contributed by atoms with E-state index in [1.165, 1.54) is 0 Å². The summed E-state index contributed by atoms with van der Waals surface area (Å²) in [6.07, 6.45) is 1.64. The van der Waals surface area contributed by atoms with Gasteiger partial charge in [-0.15, -0.1) is 0 Å². The first-order valence-corrected chi connectivity index (χ1v) is 10.8. The Morgan fingerprint density at radius 3 is 2.30 bits per heavy atom. The van der Waals surface area contributed by atoms with Gasteiger partial charge < -0.3 is 9.80 Å². The summed E-state index contributed by atoms with van der Waals surface area (Å²) >= 11 is 6.73. The van der Waals surface area contributed by atoms with Crippen molar-refractivity contribution in [3.63, 3.8) is 0 Å². The van der Waals surface area contributed by atoms with Crippen LogP contribution in [0.25, 0.3) is 6.08 Å². The minimum absolute atomic E-state index is 0.210. The van der Waals surface area contributed by atoms with Crippen molar-refractivity contribution in [3.05, 3.63) is 70.1 Å². The van der Waals surface area contributed by atoms with Crippen molar-refractivity contribution in [1.82, 2.24) is 9.80 Å². The second-order valence-electron chi connectivity index (χ2n) is 7.02. The van der Waals surface area contributed by atoms with Gasteiger partial charge >= 0.3 is 0 Å². The number of carbonyl (C=O) groups excluding carboxylic acids is 3. The summed E-state index contributed by atoms with van der Waals surface area (Å²) in [6.45, 7) is 2.32. The largest absolute Gasteiger partial charge is 0.368 e. The SMILES string of the molecule is O=C(CN1C(=O)S/C(=C\c2ccc(Cl)cc2)C1=O)N1CCN(c2ccccc2)CC1. The molecule has 0 atom stereocenters. The van der Waals surface area contributed by atoms with E-state index in [9.17, 15) is 14.4 Å². The molecule has 2 aliphatic heterocycles. The first-order chi connectivity index (χ1) is 14.5. The summed E-state index contributed by atoms with van der Waals surface area (Å²) in [5, 5.41) is 0.176. The molecule has 0 aliphatic carbocycles. The van der Waals surface area contributed by atoms with E-state index in [4.69, 9.17) is 11.6 Å². The van der Waals surface area contributed by atoms with Crippen molar-refractivity contribution in [3.8, 4) is 0 Å². The predicted molar refractivity (Wildman–Crippen MR) is 119 cm³/mol. The Hall–Kier alpha value is -2.77. The molecule has 2 saturated heterocycles. The zero-order valence-electron chi connectivity index (χ0n) is 16.2. The van der Waals surface area contributed by atoms with Crippen LogP contribution in [0.15, 0.2) is 59.5 Å². The van der Waals surface area contributed by atoms with Crippen molar-refractivity contribution in [2.45, 2.75) is 0 Å². The number of hydrogen-bond acceptors (Lipinski definition) is 5. The zero-order valence-corrected chi connectivity index (χ0v) is 17.7. The Morgan fingerprint density at radius 2 is 1.63 bits per heavy atom. The van der Waals surface area contributed by atoms with Crippen LogP contribution < -0.4 is 4.90 Å². The number of thioether (sulfide) groups is 1. The quantitative estimate of drug-likeness (QED) is 0.676. The monoisotopic (exact) mass is 441 g/mol. The van der Waals surface area contributed by atoms with E-state index in [0.717, 1.165) is 27.9 Å². The van der Waals surface area contributed by atoms with Crippen LogP contribution in [0.3, 0.4) is 0 Å². The predicted octanol–water partition coefficient (Wildman–Crippen LogP) is 3.73. The number of halogens is 1. The maximum absolute atomic E-state index is 12.7. The minimum Gasteiger partial charge on any atom is -0.368 e. The van der Waals surface area contributed by atoms with Crippen LogP contribution in [0.2, 0.25) is 5.02 Å². The van der Waals surface area contributed by atoms with Crippen LogP contribution in [0.1, 0.15) is 5.56 Å². The molecule has 2 aliphatic rings. The number of amides is 3. The fourth-order valence-corrected chi connectivity index (χ4v) is 4.40. The Kier molecular flexibility index (Phi) is 6.11. The van der Waals surface area contributed by atoms with Gasteiger partial charge in [0.15, 0.2) is 0 Å². The lowest BCUT2D eigenvalue weighted by Crippen LogP contribution is -2.51. The van der Waals surface area contributed by atoms with E-state index < -0.39 is 11.1 Å². The Morgan fingerprint density at radius 1 is 0.967 bits per heavy atom. The molecule has 0 radical (unpaired) electrons. The molecule has 30 heavy (non-hydrogen) atoms. The first kappa shape index (κ1) is 20.5. The minimum atomic E-state index is -0.434. The van der Waals surface area contributed by atoms with E-state index in [-0.39, 0.29) is 12.5 Å². The van der Waals surface area contributed by atoms with Crippen LogP contribution in [-0.4, -0.2) is 59.6 Å². The number of benzene rings is 2. The van der Waals surface area contributed by atoms with Crippen molar-refractivity contribution < 1.29 is 14.4 Å². The molecule has 0 aromatic heterocycles. The lowest BCUT2D eigenvalue weighted by molar-refractivity contribution is -0.136. The first-order valence-electron chi connectivity index (χ1n) is 9.60. The number of nitrogens with zero attached hydrogens (tertiary/aromatic N) is 3. The molecule has 0 unspecified atom stereocenters.